The van der Waals surface area contributed by atoms with Gasteiger partial charge in [0.1, 0.15) is 12.2 Å². The number of fused-ring (bicyclic) bond motifs is 1. The summed E-state index contributed by atoms with van der Waals surface area (Å²) in [7, 11) is 0. The molecule has 94 valence electrons. The highest BCUT2D eigenvalue weighted by Crippen LogP contribution is 2.38. The van der Waals surface area contributed by atoms with E-state index in [0.717, 1.165) is 0 Å². The van der Waals surface area contributed by atoms with E-state index in [4.69, 9.17) is 24.8 Å². The van der Waals surface area contributed by atoms with Crippen molar-refractivity contribution in [2.75, 3.05) is 6.54 Å². The Morgan fingerprint density at radius 1 is 1.47 bits per heavy atom. The SMILES string of the molecule is CC1(C)O[C@@H]2[C@H](O1)[C@@H](CN=[N+]=[N-])O[C@H]2C(=O)O. The van der Waals surface area contributed by atoms with Crippen LogP contribution in [-0.2, 0) is 19.0 Å². The maximum atomic E-state index is 11.0. The van der Waals surface area contributed by atoms with E-state index in [1.165, 1.54) is 0 Å². The first-order chi connectivity index (χ1) is 7.94. The zero-order valence-electron chi connectivity index (χ0n) is 9.44. The minimum Gasteiger partial charge on any atom is -0.479 e. The van der Waals surface area contributed by atoms with Crippen molar-refractivity contribution < 1.29 is 24.1 Å². The quantitative estimate of drug-likeness (QED) is 0.444. The predicted octanol–water partition coefficient (Wildman–Crippen LogP) is 0.669. The number of azide groups is 1. The van der Waals surface area contributed by atoms with Crippen LogP contribution in [-0.4, -0.2) is 47.8 Å². The molecule has 0 saturated carbocycles. The Bertz CT molecular complexity index is 379. The van der Waals surface area contributed by atoms with E-state index >= 15 is 0 Å². The predicted molar refractivity (Wildman–Crippen MR) is 54.1 cm³/mol. The van der Waals surface area contributed by atoms with Gasteiger partial charge in [0.25, 0.3) is 0 Å². The molecular formula is C9H13N3O5. The van der Waals surface area contributed by atoms with E-state index in [0.29, 0.717) is 0 Å². The van der Waals surface area contributed by atoms with Gasteiger partial charge in [0.15, 0.2) is 11.9 Å². The molecule has 4 atom stereocenters. The zero-order chi connectivity index (χ0) is 12.6. The summed E-state index contributed by atoms with van der Waals surface area (Å²) < 4.78 is 16.3. The van der Waals surface area contributed by atoms with Gasteiger partial charge >= 0.3 is 5.97 Å². The van der Waals surface area contributed by atoms with Gasteiger partial charge in [-0.05, 0) is 19.4 Å². The van der Waals surface area contributed by atoms with Gasteiger partial charge in [0, 0.05) is 4.91 Å². The van der Waals surface area contributed by atoms with Crippen LogP contribution >= 0.6 is 0 Å². The van der Waals surface area contributed by atoms with Crippen molar-refractivity contribution in [2.45, 2.75) is 44.1 Å². The van der Waals surface area contributed by atoms with Crippen LogP contribution < -0.4 is 0 Å². The maximum Gasteiger partial charge on any atom is 0.335 e. The number of hydrogen-bond donors (Lipinski definition) is 1. The largest absolute Gasteiger partial charge is 0.479 e. The molecule has 0 unspecified atom stereocenters. The van der Waals surface area contributed by atoms with Gasteiger partial charge < -0.3 is 19.3 Å². The molecule has 1 N–H and O–H groups in total. The summed E-state index contributed by atoms with van der Waals surface area (Å²) in [4.78, 5) is 13.6. The fourth-order valence-corrected chi connectivity index (χ4v) is 2.14. The van der Waals surface area contributed by atoms with Gasteiger partial charge in [-0.1, -0.05) is 5.11 Å². The highest BCUT2D eigenvalue weighted by Gasteiger charge is 2.57. The Hall–Kier alpha value is -1.34. The molecule has 2 aliphatic rings. The molecule has 0 amide bonds. The number of ether oxygens (including phenoxy) is 3. The molecule has 8 heteroatoms. The molecule has 2 fully saturated rings. The van der Waals surface area contributed by atoms with Crippen molar-refractivity contribution in [2.24, 2.45) is 5.11 Å². The van der Waals surface area contributed by atoms with E-state index in [9.17, 15) is 4.79 Å². The standard InChI is InChI=1S/C9H13N3O5/c1-9(2)16-5-4(3-11-12-10)15-7(8(13)14)6(5)17-9/h4-7H,3H2,1-2H3,(H,13,14)/t4-,5-,6-,7-/m1/s1. The van der Waals surface area contributed by atoms with Crippen LogP contribution in [0, 0.1) is 0 Å². The second kappa shape index (κ2) is 4.15. The van der Waals surface area contributed by atoms with Crippen molar-refractivity contribution in [1.29, 1.82) is 0 Å². The number of hydrogen-bond acceptors (Lipinski definition) is 5. The lowest BCUT2D eigenvalue weighted by atomic mass is 10.1. The van der Waals surface area contributed by atoms with Gasteiger partial charge in [-0.25, -0.2) is 4.79 Å². The van der Waals surface area contributed by atoms with Crippen molar-refractivity contribution in [3.63, 3.8) is 0 Å². The number of nitrogens with zero attached hydrogens (tertiary/aromatic N) is 3. The summed E-state index contributed by atoms with van der Waals surface area (Å²) in [5, 5.41) is 12.4. The Kier molecular flexibility index (Phi) is 2.96. The molecule has 0 aromatic rings. The smallest absolute Gasteiger partial charge is 0.335 e. The molecular weight excluding hydrogens is 230 g/mol. The summed E-state index contributed by atoms with van der Waals surface area (Å²) in [6.07, 6.45) is -2.85. The third kappa shape index (κ3) is 2.20. The molecule has 2 rings (SSSR count). The van der Waals surface area contributed by atoms with Crippen LogP contribution in [0.5, 0.6) is 0 Å². The number of carboxylic acid groups (broad SMARTS) is 1. The minimum atomic E-state index is -1.11. The maximum absolute atomic E-state index is 11.0. The van der Waals surface area contributed by atoms with Gasteiger partial charge in [-0.15, -0.1) is 0 Å². The average molecular weight is 243 g/mol. The van der Waals surface area contributed by atoms with Crippen LogP contribution in [0.4, 0.5) is 0 Å². The molecule has 2 aliphatic heterocycles. The molecule has 17 heavy (non-hydrogen) atoms. The van der Waals surface area contributed by atoms with Crippen LogP contribution in [0.15, 0.2) is 5.11 Å². The molecule has 2 saturated heterocycles. The van der Waals surface area contributed by atoms with Crippen molar-refractivity contribution in [3.05, 3.63) is 10.4 Å². The molecule has 0 aromatic carbocycles. The summed E-state index contributed by atoms with van der Waals surface area (Å²) in [6.45, 7) is 3.44. The first-order valence-electron chi connectivity index (χ1n) is 5.19. The summed E-state index contributed by atoms with van der Waals surface area (Å²) in [5.41, 5.74) is 8.26. The third-order valence-electron chi connectivity index (χ3n) is 2.72. The summed E-state index contributed by atoms with van der Waals surface area (Å²) >= 11 is 0. The van der Waals surface area contributed by atoms with Gasteiger partial charge in [-0.3, -0.25) is 0 Å². The first-order valence-corrected chi connectivity index (χ1v) is 5.19. The lowest BCUT2D eigenvalue weighted by molar-refractivity contribution is -0.193. The van der Waals surface area contributed by atoms with Crippen molar-refractivity contribution in [1.82, 2.24) is 0 Å². The highest BCUT2D eigenvalue weighted by atomic mass is 16.8. The topological polar surface area (TPSA) is 114 Å². The fraction of sp³-hybridized carbons (Fsp3) is 0.889. The lowest BCUT2D eigenvalue weighted by Gasteiger charge is -2.22. The second-order valence-electron chi connectivity index (χ2n) is 4.41. The van der Waals surface area contributed by atoms with Crippen LogP contribution in [0.2, 0.25) is 0 Å². The van der Waals surface area contributed by atoms with Crippen molar-refractivity contribution >= 4 is 5.97 Å². The molecule has 0 aromatic heterocycles. The van der Waals surface area contributed by atoms with Crippen LogP contribution in [0.1, 0.15) is 13.8 Å². The zero-order valence-corrected chi connectivity index (χ0v) is 9.44. The Labute approximate surface area is 97.1 Å². The van der Waals surface area contributed by atoms with Gasteiger partial charge in [0.05, 0.1) is 12.6 Å². The minimum absolute atomic E-state index is 0.0287. The van der Waals surface area contributed by atoms with Crippen molar-refractivity contribution in [3.8, 4) is 0 Å². The fourth-order valence-electron chi connectivity index (χ4n) is 2.14. The molecule has 0 spiro atoms. The van der Waals surface area contributed by atoms with E-state index < -0.39 is 36.2 Å². The molecule has 0 radical (unpaired) electrons. The van der Waals surface area contributed by atoms with E-state index in [1.807, 2.05) is 0 Å². The Balaban J connectivity index is 2.17. The number of aliphatic carboxylic acids is 1. The van der Waals surface area contributed by atoms with Gasteiger partial charge in [-0.2, -0.15) is 0 Å². The van der Waals surface area contributed by atoms with Crippen LogP contribution in [0.3, 0.4) is 0 Å². The average Bonchev–Trinajstić information content (AvgIpc) is 2.68. The normalized spacial score (nSPS) is 38.5. The number of rotatable bonds is 3. The lowest BCUT2D eigenvalue weighted by Crippen LogP contribution is -2.35. The third-order valence-corrected chi connectivity index (χ3v) is 2.72. The summed E-state index contributed by atoms with van der Waals surface area (Å²) in [5.74, 6) is -1.95. The number of carbonyl (C=O) groups is 1. The number of carboxylic acids is 1. The first kappa shape index (κ1) is 12.1. The monoisotopic (exact) mass is 243 g/mol. The van der Waals surface area contributed by atoms with Crippen LogP contribution in [0.25, 0.3) is 10.4 Å². The van der Waals surface area contributed by atoms with E-state index in [1.54, 1.807) is 13.8 Å². The molecule has 0 aliphatic carbocycles. The summed E-state index contributed by atoms with van der Waals surface area (Å²) in [6, 6.07) is 0. The second-order valence-corrected chi connectivity index (χ2v) is 4.41. The Morgan fingerprint density at radius 2 is 2.12 bits per heavy atom. The van der Waals surface area contributed by atoms with Gasteiger partial charge in [0.2, 0.25) is 0 Å². The highest BCUT2D eigenvalue weighted by molar-refractivity contribution is 5.74. The van der Waals surface area contributed by atoms with E-state index in [-0.39, 0.29) is 6.54 Å². The van der Waals surface area contributed by atoms with E-state index in [2.05, 4.69) is 10.0 Å². The molecule has 2 heterocycles. The Morgan fingerprint density at radius 3 is 2.71 bits per heavy atom. The molecule has 8 nitrogen and oxygen atoms in total. The molecule has 0 bridgehead atoms.